The number of nitrogens with zero attached hydrogens (tertiary/aromatic N) is 3. The summed E-state index contributed by atoms with van der Waals surface area (Å²) in [5.74, 6) is -0.540. The summed E-state index contributed by atoms with van der Waals surface area (Å²) in [6.07, 6.45) is 0. The third kappa shape index (κ3) is 3.34. The molecule has 2 aromatic rings. The van der Waals surface area contributed by atoms with Crippen molar-refractivity contribution in [3.63, 3.8) is 0 Å². The minimum Gasteiger partial charge on any atom is -0.481 e. The Bertz CT molecular complexity index is 580. The van der Waals surface area contributed by atoms with Gasteiger partial charge in [0, 0.05) is 0 Å². The third-order valence-electron chi connectivity index (χ3n) is 2.55. The van der Waals surface area contributed by atoms with Gasteiger partial charge in [0.2, 0.25) is 0 Å². The Kier molecular flexibility index (Phi) is 4.56. The highest BCUT2D eigenvalue weighted by atomic mass is 32.2. The number of carboxylic acids is 1. The molecule has 0 aromatic carbocycles. The van der Waals surface area contributed by atoms with Crippen molar-refractivity contribution in [2.75, 3.05) is 5.75 Å². The molecule has 0 saturated heterocycles. The molecule has 0 radical (unpaired) electrons. The highest BCUT2D eigenvalue weighted by Gasteiger charge is 2.14. The smallest absolute Gasteiger partial charge is 0.313 e. The van der Waals surface area contributed by atoms with Gasteiger partial charge in [-0.25, -0.2) is 0 Å². The molecule has 0 spiro atoms. The van der Waals surface area contributed by atoms with Crippen molar-refractivity contribution in [1.29, 1.82) is 0 Å². The van der Waals surface area contributed by atoms with E-state index in [-0.39, 0.29) is 12.4 Å². The van der Waals surface area contributed by atoms with Gasteiger partial charge in [0.15, 0.2) is 11.0 Å². The van der Waals surface area contributed by atoms with E-state index in [1.54, 1.807) is 15.9 Å². The molecule has 0 fully saturated rings. The summed E-state index contributed by atoms with van der Waals surface area (Å²) in [5.41, 5.74) is 2.29. The quantitative estimate of drug-likeness (QED) is 0.783. The zero-order chi connectivity index (χ0) is 13.8. The Hall–Kier alpha value is -1.38. The van der Waals surface area contributed by atoms with Gasteiger partial charge in [-0.2, -0.15) is 11.3 Å². The van der Waals surface area contributed by atoms with Crippen LogP contribution in [0.1, 0.15) is 17.0 Å². The number of aliphatic hydroxyl groups is 1. The first-order valence-corrected chi connectivity index (χ1v) is 7.44. The van der Waals surface area contributed by atoms with E-state index >= 15 is 0 Å². The van der Waals surface area contributed by atoms with Crippen LogP contribution in [0.25, 0.3) is 0 Å². The maximum Gasteiger partial charge on any atom is 0.313 e. The van der Waals surface area contributed by atoms with Crippen molar-refractivity contribution in [2.45, 2.75) is 25.2 Å². The first-order chi connectivity index (χ1) is 9.11. The Morgan fingerprint density at radius 3 is 2.84 bits per heavy atom. The van der Waals surface area contributed by atoms with Crippen LogP contribution in [0.4, 0.5) is 0 Å². The van der Waals surface area contributed by atoms with Gasteiger partial charge in [0.1, 0.15) is 6.61 Å². The van der Waals surface area contributed by atoms with Crippen LogP contribution in [0.2, 0.25) is 0 Å². The number of carboxylic acid groups (broad SMARTS) is 1. The highest BCUT2D eigenvalue weighted by molar-refractivity contribution is 7.99. The number of thiophene rings is 1. The molecule has 8 heteroatoms. The van der Waals surface area contributed by atoms with Crippen molar-refractivity contribution in [3.8, 4) is 0 Å². The zero-order valence-corrected chi connectivity index (χ0v) is 11.9. The van der Waals surface area contributed by atoms with E-state index in [0.717, 1.165) is 22.9 Å². The molecular weight excluding hydrogens is 286 g/mol. The summed E-state index contributed by atoms with van der Waals surface area (Å²) >= 11 is 2.71. The summed E-state index contributed by atoms with van der Waals surface area (Å²) in [6, 6.07) is 0. The van der Waals surface area contributed by atoms with Crippen LogP contribution in [0, 0.1) is 6.92 Å². The van der Waals surface area contributed by atoms with E-state index in [0.29, 0.717) is 17.5 Å². The second kappa shape index (κ2) is 6.18. The van der Waals surface area contributed by atoms with Crippen LogP contribution < -0.4 is 0 Å². The molecule has 0 aliphatic heterocycles. The predicted molar refractivity (Wildman–Crippen MR) is 72.5 cm³/mol. The molecule has 2 N–H and O–H groups in total. The SMILES string of the molecule is Cc1cscc1Cn1c(CO)nnc1SCC(=O)O. The first-order valence-electron chi connectivity index (χ1n) is 5.51. The Morgan fingerprint density at radius 2 is 2.26 bits per heavy atom. The number of carbonyl (C=O) groups is 1. The second-order valence-corrected chi connectivity index (χ2v) is 5.59. The lowest BCUT2D eigenvalue weighted by atomic mass is 10.2. The number of rotatable bonds is 6. The van der Waals surface area contributed by atoms with Crippen LogP contribution in [0.3, 0.4) is 0 Å². The zero-order valence-electron chi connectivity index (χ0n) is 10.2. The number of hydrogen-bond acceptors (Lipinski definition) is 6. The molecule has 0 unspecified atom stereocenters. The molecule has 0 amide bonds. The molecule has 102 valence electrons. The number of aromatic nitrogens is 3. The highest BCUT2D eigenvalue weighted by Crippen LogP contribution is 2.21. The number of aliphatic hydroxyl groups excluding tert-OH is 1. The molecule has 2 aromatic heterocycles. The number of aliphatic carboxylic acids is 1. The Balaban J connectivity index is 2.23. The van der Waals surface area contributed by atoms with Gasteiger partial charge in [-0.15, -0.1) is 10.2 Å². The van der Waals surface area contributed by atoms with E-state index in [4.69, 9.17) is 5.11 Å². The summed E-state index contributed by atoms with van der Waals surface area (Å²) < 4.78 is 1.75. The van der Waals surface area contributed by atoms with Gasteiger partial charge in [-0.05, 0) is 28.8 Å². The minimum atomic E-state index is -0.906. The average molecular weight is 299 g/mol. The van der Waals surface area contributed by atoms with Gasteiger partial charge in [-0.3, -0.25) is 9.36 Å². The molecule has 0 bridgehead atoms. The number of thioether (sulfide) groups is 1. The van der Waals surface area contributed by atoms with Gasteiger partial charge in [0.05, 0.1) is 12.3 Å². The van der Waals surface area contributed by atoms with E-state index in [9.17, 15) is 9.90 Å². The summed E-state index contributed by atoms with van der Waals surface area (Å²) in [6.45, 7) is 2.34. The fourth-order valence-electron chi connectivity index (χ4n) is 1.55. The van der Waals surface area contributed by atoms with Crippen LogP contribution >= 0.6 is 23.1 Å². The molecule has 6 nitrogen and oxygen atoms in total. The summed E-state index contributed by atoms with van der Waals surface area (Å²) in [5, 5.41) is 30.4. The van der Waals surface area contributed by atoms with Crippen molar-refractivity contribution < 1.29 is 15.0 Å². The maximum absolute atomic E-state index is 10.6. The lowest BCUT2D eigenvalue weighted by Crippen LogP contribution is -2.08. The molecule has 2 heterocycles. The van der Waals surface area contributed by atoms with Crippen LogP contribution in [-0.4, -0.2) is 36.7 Å². The van der Waals surface area contributed by atoms with Gasteiger partial charge in [0.25, 0.3) is 0 Å². The molecule has 2 rings (SSSR count). The van der Waals surface area contributed by atoms with Crippen LogP contribution in [0.5, 0.6) is 0 Å². The molecule has 0 aliphatic carbocycles. The van der Waals surface area contributed by atoms with E-state index < -0.39 is 5.97 Å². The van der Waals surface area contributed by atoms with Crippen molar-refractivity contribution >= 4 is 29.1 Å². The Morgan fingerprint density at radius 1 is 1.47 bits per heavy atom. The third-order valence-corrected chi connectivity index (χ3v) is 4.41. The van der Waals surface area contributed by atoms with E-state index in [1.807, 2.05) is 17.7 Å². The second-order valence-electron chi connectivity index (χ2n) is 3.91. The normalized spacial score (nSPS) is 10.8. The first kappa shape index (κ1) is 14.0. The van der Waals surface area contributed by atoms with Crippen molar-refractivity contribution in [1.82, 2.24) is 14.8 Å². The fourth-order valence-corrected chi connectivity index (χ4v) is 3.07. The standard InChI is InChI=1S/C11H13N3O3S2/c1-7-4-18-5-8(7)2-14-9(3-15)12-13-11(14)19-6-10(16)17/h4-5,15H,2-3,6H2,1H3,(H,16,17). The minimum absolute atomic E-state index is 0.0772. The Labute approximate surface area is 118 Å². The maximum atomic E-state index is 10.6. The fraction of sp³-hybridized carbons (Fsp3) is 0.364. The largest absolute Gasteiger partial charge is 0.481 e. The van der Waals surface area contributed by atoms with E-state index in [2.05, 4.69) is 10.2 Å². The van der Waals surface area contributed by atoms with Crippen molar-refractivity contribution in [2.24, 2.45) is 0 Å². The van der Waals surface area contributed by atoms with Gasteiger partial charge >= 0.3 is 5.97 Å². The predicted octanol–water partition coefficient (Wildman–Crippen LogP) is 1.37. The van der Waals surface area contributed by atoms with Crippen molar-refractivity contribution in [3.05, 3.63) is 27.7 Å². The topological polar surface area (TPSA) is 88.2 Å². The van der Waals surface area contributed by atoms with Gasteiger partial charge in [-0.1, -0.05) is 11.8 Å². The molecule has 0 aliphatic rings. The van der Waals surface area contributed by atoms with E-state index in [1.165, 1.54) is 0 Å². The molecule has 0 saturated carbocycles. The van der Waals surface area contributed by atoms with Crippen LogP contribution in [0.15, 0.2) is 15.9 Å². The molecule has 0 atom stereocenters. The summed E-state index contributed by atoms with van der Waals surface area (Å²) in [4.78, 5) is 10.6. The lowest BCUT2D eigenvalue weighted by Gasteiger charge is -2.08. The lowest BCUT2D eigenvalue weighted by molar-refractivity contribution is -0.133. The monoisotopic (exact) mass is 299 g/mol. The number of aryl methyl sites for hydroxylation is 1. The molecule has 19 heavy (non-hydrogen) atoms. The summed E-state index contributed by atoms with van der Waals surface area (Å²) in [7, 11) is 0. The van der Waals surface area contributed by atoms with Crippen LogP contribution in [-0.2, 0) is 17.9 Å². The number of hydrogen-bond donors (Lipinski definition) is 2. The average Bonchev–Trinajstić information content (AvgIpc) is 2.95. The molecular formula is C11H13N3O3S2. The van der Waals surface area contributed by atoms with Gasteiger partial charge < -0.3 is 10.2 Å².